The molecule has 146 valence electrons. The maximum atomic E-state index is 11.8. The van der Waals surface area contributed by atoms with Crippen molar-refractivity contribution in [2.75, 3.05) is 19.0 Å². The van der Waals surface area contributed by atoms with Crippen LogP contribution in [0.2, 0.25) is 0 Å². The molecule has 0 atom stereocenters. The summed E-state index contributed by atoms with van der Waals surface area (Å²) < 4.78 is 5.24. The molecule has 0 saturated heterocycles. The fraction of sp³-hybridized carbons (Fsp3) is 0.333. The predicted octanol–water partition coefficient (Wildman–Crippen LogP) is 3.78. The Hall–Kier alpha value is -3.22. The van der Waals surface area contributed by atoms with Crippen LogP contribution >= 0.6 is 0 Å². The number of pyridine rings is 1. The third-order valence-corrected chi connectivity index (χ3v) is 3.96. The minimum atomic E-state index is -0.545. The van der Waals surface area contributed by atoms with E-state index in [0.29, 0.717) is 11.2 Å². The Morgan fingerprint density at radius 3 is 2.57 bits per heavy atom. The molecule has 3 rings (SSSR count). The second-order valence-corrected chi connectivity index (χ2v) is 7.74. The van der Waals surface area contributed by atoms with E-state index in [1.54, 1.807) is 0 Å². The van der Waals surface area contributed by atoms with Crippen LogP contribution in [0.4, 0.5) is 10.5 Å². The standard InChI is InChI=1S/C21H25N5O2/c1-21(2,3)28-20(27)22-13-15-12-19-18(25-24-15)10-9-17(23-19)14-7-6-8-16(11-14)26(4)5/h6-12H,13H2,1-5H3,(H,22,27). The molecule has 28 heavy (non-hydrogen) atoms. The zero-order valence-corrected chi connectivity index (χ0v) is 16.9. The van der Waals surface area contributed by atoms with Crippen LogP contribution in [0.25, 0.3) is 22.3 Å². The van der Waals surface area contributed by atoms with Crippen LogP contribution in [0.3, 0.4) is 0 Å². The molecule has 2 heterocycles. The summed E-state index contributed by atoms with van der Waals surface area (Å²) in [7, 11) is 4.01. The first-order chi connectivity index (χ1) is 13.2. The Morgan fingerprint density at radius 1 is 1.07 bits per heavy atom. The van der Waals surface area contributed by atoms with E-state index < -0.39 is 11.7 Å². The summed E-state index contributed by atoms with van der Waals surface area (Å²) in [6, 6.07) is 13.9. The second kappa shape index (κ2) is 7.80. The van der Waals surface area contributed by atoms with Crippen LogP contribution in [0.1, 0.15) is 26.5 Å². The quantitative estimate of drug-likeness (QED) is 0.743. The van der Waals surface area contributed by atoms with E-state index in [1.165, 1.54) is 0 Å². The number of hydrogen-bond acceptors (Lipinski definition) is 6. The van der Waals surface area contributed by atoms with E-state index in [0.717, 1.165) is 22.5 Å². The zero-order valence-electron chi connectivity index (χ0n) is 16.9. The van der Waals surface area contributed by atoms with Crippen LogP contribution in [-0.4, -0.2) is 41.0 Å². The lowest BCUT2D eigenvalue weighted by atomic mass is 10.1. The number of nitrogens with zero attached hydrogens (tertiary/aromatic N) is 4. The molecule has 1 amide bonds. The Morgan fingerprint density at radius 2 is 1.86 bits per heavy atom. The number of fused-ring (bicyclic) bond motifs is 1. The fourth-order valence-electron chi connectivity index (χ4n) is 2.63. The van der Waals surface area contributed by atoms with Gasteiger partial charge in [0.1, 0.15) is 11.1 Å². The highest BCUT2D eigenvalue weighted by Crippen LogP contribution is 2.24. The maximum absolute atomic E-state index is 11.8. The number of nitrogens with one attached hydrogen (secondary N) is 1. The van der Waals surface area contributed by atoms with Gasteiger partial charge in [0.25, 0.3) is 0 Å². The molecular formula is C21H25N5O2. The second-order valence-electron chi connectivity index (χ2n) is 7.74. The third kappa shape index (κ3) is 4.94. The molecule has 0 bridgehead atoms. The van der Waals surface area contributed by atoms with Crippen LogP contribution < -0.4 is 10.2 Å². The number of ether oxygens (including phenoxy) is 1. The predicted molar refractivity (Wildman–Crippen MR) is 110 cm³/mol. The molecule has 0 fully saturated rings. The molecule has 3 aromatic rings. The number of benzene rings is 1. The summed E-state index contributed by atoms with van der Waals surface area (Å²) in [6.07, 6.45) is -0.489. The van der Waals surface area contributed by atoms with Crippen molar-refractivity contribution in [2.45, 2.75) is 32.9 Å². The van der Waals surface area contributed by atoms with E-state index >= 15 is 0 Å². The summed E-state index contributed by atoms with van der Waals surface area (Å²) in [5.41, 5.74) is 4.49. The van der Waals surface area contributed by atoms with Crippen molar-refractivity contribution in [1.82, 2.24) is 20.5 Å². The van der Waals surface area contributed by atoms with Crippen molar-refractivity contribution >= 4 is 22.8 Å². The van der Waals surface area contributed by atoms with Gasteiger partial charge in [0, 0.05) is 25.3 Å². The van der Waals surface area contributed by atoms with Crippen molar-refractivity contribution in [2.24, 2.45) is 0 Å². The van der Waals surface area contributed by atoms with E-state index in [2.05, 4.69) is 32.5 Å². The molecule has 0 unspecified atom stereocenters. The topological polar surface area (TPSA) is 80.2 Å². The van der Waals surface area contributed by atoms with Gasteiger partial charge >= 0.3 is 6.09 Å². The molecular weight excluding hydrogens is 354 g/mol. The number of carbonyl (C=O) groups excluding carboxylic acids is 1. The molecule has 0 aliphatic rings. The SMILES string of the molecule is CN(C)c1cccc(-c2ccc3nnc(CNC(=O)OC(C)(C)C)cc3n2)c1. The van der Waals surface area contributed by atoms with Crippen molar-refractivity contribution in [1.29, 1.82) is 0 Å². The monoisotopic (exact) mass is 379 g/mol. The number of carbonyl (C=O) groups is 1. The van der Waals surface area contributed by atoms with Gasteiger partial charge in [-0.25, -0.2) is 9.78 Å². The highest BCUT2D eigenvalue weighted by molar-refractivity contribution is 5.78. The lowest BCUT2D eigenvalue weighted by molar-refractivity contribution is 0.0523. The smallest absolute Gasteiger partial charge is 0.407 e. The largest absolute Gasteiger partial charge is 0.444 e. The third-order valence-electron chi connectivity index (χ3n) is 3.96. The summed E-state index contributed by atoms with van der Waals surface area (Å²) in [5.74, 6) is 0. The molecule has 0 aliphatic heterocycles. The first-order valence-electron chi connectivity index (χ1n) is 9.09. The Labute approximate surface area is 164 Å². The van der Waals surface area contributed by atoms with E-state index in [-0.39, 0.29) is 6.54 Å². The summed E-state index contributed by atoms with van der Waals surface area (Å²) in [4.78, 5) is 18.6. The highest BCUT2D eigenvalue weighted by atomic mass is 16.6. The number of anilines is 1. The number of aromatic nitrogens is 3. The Kier molecular flexibility index (Phi) is 5.44. The Bertz CT molecular complexity index is 995. The number of alkyl carbamates (subject to hydrolysis) is 1. The van der Waals surface area contributed by atoms with Gasteiger partial charge in [0.15, 0.2) is 0 Å². The average molecular weight is 379 g/mol. The van der Waals surface area contributed by atoms with Crippen molar-refractivity contribution in [3.05, 3.63) is 48.2 Å². The molecule has 0 aliphatic carbocycles. The molecule has 0 spiro atoms. The van der Waals surface area contributed by atoms with Gasteiger partial charge in [-0.1, -0.05) is 12.1 Å². The average Bonchev–Trinajstić information content (AvgIpc) is 2.64. The summed E-state index contributed by atoms with van der Waals surface area (Å²) in [6.45, 7) is 5.68. The van der Waals surface area contributed by atoms with Gasteiger partial charge in [-0.15, -0.1) is 5.10 Å². The molecule has 7 nitrogen and oxygen atoms in total. The molecule has 7 heteroatoms. The molecule has 1 aromatic carbocycles. The molecule has 0 saturated carbocycles. The van der Waals surface area contributed by atoms with E-state index in [9.17, 15) is 4.79 Å². The molecule has 0 radical (unpaired) electrons. The van der Waals surface area contributed by atoms with Crippen LogP contribution in [0.5, 0.6) is 0 Å². The van der Waals surface area contributed by atoms with Gasteiger partial charge in [0.2, 0.25) is 0 Å². The lowest BCUT2D eigenvalue weighted by Crippen LogP contribution is -2.32. The normalized spacial score (nSPS) is 11.3. The van der Waals surface area contributed by atoms with Gasteiger partial charge in [-0.05, 0) is 51.1 Å². The van der Waals surface area contributed by atoms with Gasteiger partial charge in [-0.2, -0.15) is 5.10 Å². The summed E-state index contributed by atoms with van der Waals surface area (Å²) in [5, 5.41) is 11.0. The fourth-order valence-corrected chi connectivity index (χ4v) is 2.63. The molecule has 2 aromatic heterocycles. The minimum absolute atomic E-state index is 0.222. The maximum Gasteiger partial charge on any atom is 0.407 e. The lowest BCUT2D eigenvalue weighted by Gasteiger charge is -2.19. The Balaban J connectivity index is 1.82. The van der Waals surface area contributed by atoms with Gasteiger partial charge in [0.05, 0.1) is 23.4 Å². The van der Waals surface area contributed by atoms with Gasteiger partial charge < -0.3 is 15.0 Å². The van der Waals surface area contributed by atoms with Crippen molar-refractivity contribution in [3.63, 3.8) is 0 Å². The van der Waals surface area contributed by atoms with E-state index in [4.69, 9.17) is 9.72 Å². The molecule has 1 N–H and O–H groups in total. The minimum Gasteiger partial charge on any atom is -0.444 e. The number of rotatable bonds is 4. The number of hydrogen-bond donors (Lipinski definition) is 1. The first kappa shape index (κ1) is 19.5. The van der Waals surface area contributed by atoms with Crippen molar-refractivity contribution < 1.29 is 9.53 Å². The van der Waals surface area contributed by atoms with E-state index in [1.807, 2.05) is 65.2 Å². The first-order valence-corrected chi connectivity index (χ1v) is 9.09. The van der Waals surface area contributed by atoms with Crippen molar-refractivity contribution in [3.8, 4) is 11.3 Å². The summed E-state index contributed by atoms with van der Waals surface area (Å²) >= 11 is 0. The van der Waals surface area contributed by atoms with Crippen LogP contribution in [-0.2, 0) is 11.3 Å². The van der Waals surface area contributed by atoms with Crippen LogP contribution in [0, 0.1) is 0 Å². The van der Waals surface area contributed by atoms with Crippen LogP contribution in [0.15, 0.2) is 42.5 Å². The highest BCUT2D eigenvalue weighted by Gasteiger charge is 2.16. The number of amides is 1. The zero-order chi connectivity index (χ0) is 20.3. The van der Waals surface area contributed by atoms with Gasteiger partial charge in [-0.3, -0.25) is 0 Å².